The molecule has 1 aromatic heterocycles. The maximum atomic E-state index is 13.3. The van der Waals surface area contributed by atoms with Crippen LogP contribution in [0.25, 0.3) is 10.9 Å². The minimum atomic E-state index is -0.302. The monoisotopic (exact) mass is 398 g/mol. The number of carbonyl (C=O) groups excluding carboxylic acids is 1. The van der Waals surface area contributed by atoms with Gasteiger partial charge in [0.2, 0.25) is 0 Å². The van der Waals surface area contributed by atoms with Gasteiger partial charge in [0.05, 0.1) is 22.7 Å². The number of hydrogen-bond donors (Lipinski definition) is 0. The van der Waals surface area contributed by atoms with Gasteiger partial charge in [-0.3, -0.25) is 4.98 Å². The predicted molar refractivity (Wildman–Crippen MR) is 117 cm³/mol. The summed E-state index contributed by atoms with van der Waals surface area (Å²) in [6.45, 7) is 6.97. The van der Waals surface area contributed by atoms with Crippen LogP contribution in [0.5, 0.6) is 0 Å². The third kappa shape index (κ3) is 3.93. The number of aromatic nitrogens is 1. The summed E-state index contributed by atoms with van der Waals surface area (Å²) in [6.07, 6.45) is 2.82. The van der Waals surface area contributed by atoms with E-state index in [1.807, 2.05) is 36.4 Å². The average molecular weight is 399 g/mol. The van der Waals surface area contributed by atoms with Gasteiger partial charge in [0.25, 0.3) is 0 Å². The van der Waals surface area contributed by atoms with Crippen molar-refractivity contribution < 1.29 is 9.53 Å². The van der Waals surface area contributed by atoms with Gasteiger partial charge in [-0.05, 0) is 59.9 Å². The molecule has 4 heteroatoms. The van der Waals surface area contributed by atoms with Crippen LogP contribution in [0.4, 0.5) is 0 Å². The van der Waals surface area contributed by atoms with Gasteiger partial charge < -0.3 is 4.74 Å². The smallest absolute Gasteiger partial charge is 0.339 e. The fourth-order valence-corrected chi connectivity index (χ4v) is 4.26. The summed E-state index contributed by atoms with van der Waals surface area (Å²) in [7, 11) is 0. The number of benzene rings is 2. The molecule has 0 bridgehead atoms. The van der Waals surface area contributed by atoms with Crippen LogP contribution in [0, 0.1) is 22.7 Å². The van der Waals surface area contributed by atoms with Crippen molar-refractivity contribution in [3.63, 3.8) is 0 Å². The van der Waals surface area contributed by atoms with Gasteiger partial charge in [0.15, 0.2) is 0 Å². The van der Waals surface area contributed by atoms with E-state index in [0.717, 1.165) is 47.0 Å². The average Bonchev–Trinajstić information content (AvgIpc) is 2.75. The first-order valence-electron chi connectivity index (χ1n) is 10.4. The van der Waals surface area contributed by atoms with Gasteiger partial charge in [-0.15, -0.1) is 0 Å². The van der Waals surface area contributed by atoms with E-state index in [2.05, 4.69) is 26.8 Å². The number of ether oxygens (including phenoxy) is 1. The van der Waals surface area contributed by atoms with Gasteiger partial charge in [-0.2, -0.15) is 5.26 Å². The van der Waals surface area contributed by atoms with Crippen LogP contribution in [0.1, 0.15) is 59.9 Å². The number of pyridine rings is 1. The number of aryl methyl sites for hydroxylation is 1. The molecule has 0 spiro atoms. The van der Waals surface area contributed by atoms with Gasteiger partial charge in [-0.25, -0.2) is 4.79 Å². The Balaban J connectivity index is 1.69. The van der Waals surface area contributed by atoms with Crippen molar-refractivity contribution in [3.05, 3.63) is 76.5 Å². The van der Waals surface area contributed by atoms with Crippen LogP contribution < -0.4 is 0 Å². The molecule has 0 fully saturated rings. The van der Waals surface area contributed by atoms with Crippen molar-refractivity contribution in [3.8, 4) is 6.07 Å². The molecule has 0 N–H and O–H groups in total. The van der Waals surface area contributed by atoms with Crippen molar-refractivity contribution in [1.82, 2.24) is 4.98 Å². The van der Waals surface area contributed by atoms with Crippen molar-refractivity contribution in [2.24, 2.45) is 11.3 Å². The third-order valence-corrected chi connectivity index (χ3v) is 6.14. The zero-order chi connectivity index (χ0) is 21.3. The van der Waals surface area contributed by atoms with Crippen molar-refractivity contribution >= 4 is 16.9 Å². The molecule has 1 aliphatic carbocycles. The van der Waals surface area contributed by atoms with E-state index in [1.165, 1.54) is 0 Å². The molecule has 0 radical (unpaired) electrons. The highest BCUT2D eigenvalue weighted by atomic mass is 16.5. The Hall–Kier alpha value is -3.19. The number of rotatable bonds is 3. The molecule has 0 saturated carbocycles. The van der Waals surface area contributed by atoms with Crippen LogP contribution in [0.3, 0.4) is 0 Å². The molecular weight excluding hydrogens is 372 g/mol. The van der Waals surface area contributed by atoms with Crippen molar-refractivity contribution in [2.75, 3.05) is 0 Å². The minimum absolute atomic E-state index is 0.174. The Labute approximate surface area is 177 Å². The number of nitriles is 1. The molecule has 1 aliphatic rings. The second-order valence-corrected chi connectivity index (χ2v) is 9.12. The summed E-state index contributed by atoms with van der Waals surface area (Å²) in [5, 5.41) is 9.80. The van der Waals surface area contributed by atoms with Gasteiger partial charge in [-0.1, -0.05) is 51.1 Å². The molecule has 4 rings (SSSR count). The first kappa shape index (κ1) is 20.1. The number of nitrogens with zero attached hydrogens (tertiary/aromatic N) is 2. The SMILES string of the molecule is CC(C)(C)C1CCc2nc3ccccc3c(C(=O)OCc3ccc(C#N)cc3)c2C1. The molecule has 2 aromatic carbocycles. The molecule has 4 nitrogen and oxygen atoms in total. The van der Waals surface area contributed by atoms with E-state index < -0.39 is 0 Å². The highest BCUT2D eigenvalue weighted by Crippen LogP contribution is 2.39. The molecule has 0 amide bonds. The van der Waals surface area contributed by atoms with E-state index in [-0.39, 0.29) is 18.0 Å². The summed E-state index contributed by atoms with van der Waals surface area (Å²) in [6, 6.07) is 17.0. The zero-order valence-corrected chi connectivity index (χ0v) is 17.7. The zero-order valence-electron chi connectivity index (χ0n) is 17.7. The predicted octanol–water partition coefficient (Wildman–Crippen LogP) is 5.61. The van der Waals surface area contributed by atoms with Crippen LogP contribution >= 0.6 is 0 Å². The summed E-state index contributed by atoms with van der Waals surface area (Å²) >= 11 is 0. The van der Waals surface area contributed by atoms with Crippen molar-refractivity contribution in [1.29, 1.82) is 5.26 Å². The quantitative estimate of drug-likeness (QED) is 0.538. The third-order valence-electron chi connectivity index (χ3n) is 6.14. The Morgan fingerprint density at radius 1 is 1.17 bits per heavy atom. The number of para-hydroxylation sites is 1. The summed E-state index contributed by atoms with van der Waals surface area (Å²) in [4.78, 5) is 18.2. The highest BCUT2D eigenvalue weighted by Gasteiger charge is 2.33. The van der Waals surface area contributed by atoms with Crippen molar-refractivity contribution in [2.45, 2.75) is 46.6 Å². The molecule has 0 saturated heterocycles. The maximum absolute atomic E-state index is 13.3. The maximum Gasteiger partial charge on any atom is 0.339 e. The highest BCUT2D eigenvalue weighted by molar-refractivity contribution is 6.05. The first-order valence-corrected chi connectivity index (χ1v) is 10.4. The van der Waals surface area contributed by atoms with Crippen LogP contribution in [-0.4, -0.2) is 11.0 Å². The van der Waals surface area contributed by atoms with Crippen LogP contribution in [0.2, 0.25) is 0 Å². The summed E-state index contributed by atoms with van der Waals surface area (Å²) < 4.78 is 5.73. The number of esters is 1. The second kappa shape index (κ2) is 7.91. The Bertz CT molecular complexity index is 1130. The fraction of sp³-hybridized carbons (Fsp3) is 0.346. The van der Waals surface area contributed by atoms with E-state index in [4.69, 9.17) is 15.0 Å². The topological polar surface area (TPSA) is 63.0 Å². The van der Waals surface area contributed by atoms with Gasteiger partial charge >= 0.3 is 5.97 Å². The molecule has 1 atom stereocenters. The minimum Gasteiger partial charge on any atom is -0.457 e. The number of fused-ring (bicyclic) bond motifs is 2. The molecule has 152 valence electrons. The lowest BCUT2D eigenvalue weighted by atomic mass is 9.70. The number of hydrogen-bond acceptors (Lipinski definition) is 4. The van der Waals surface area contributed by atoms with E-state index in [1.54, 1.807) is 12.1 Å². The second-order valence-electron chi connectivity index (χ2n) is 9.12. The molecule has 1 unspecified atom stereocenters. The van der Waals surface area contributed by atoms with E-state index in [0.29, 0.717) is 17.0 Å². The largest absolute Gasteiger partial charge is 0.457 e. The van der Waals surface area contributed by atoms with E-state index >= 15 is 0 Å². The standard InChI is InChI=1S/C26H26N2O2/c1-26(2,3)19-12-13-23-21(14-19)24(20-6-4-5-7-22(20)28-23)25(29)30-16-18-10-8-17(15-27)9-11-18/h4-11,19H,12-14,16H2,1-3H3. The Kier molecular flexibility index (Phi) is 5.30. The lowest BCUT2D eigenvalue weighted by Gasteiger charge is -2.35. The lowest BCUT2D eigenvalue weighted by molar-refractivity contribution is 0.0472. The molecule has 3 aromatic rings. The molecule has 0 aliphatic heterocycles. The summed E-state index contributed by atoms with van der Waals surface area (Å²) in [5.74, 6) is 0.196. The first-order chi connectivity index (χ1) is 14.4. The Morgan fingerprint density at radius 3 is 2.60 bits per heavy atom. The number of carbonyl (C=O) groups is 1. The van der Waals surface area contributed by atoms with Gasteiger partial charge in [0.1, 0.15) is 6.61 Å². The molecular formula is C26H26N2O2. The van der Waals surface area contributed by atoms with E-state index in [9.17, 15) is 4.79 Å². The van der Waals surface area contributed by atoms with Gasteiger partial charge in [0, 0.05) is 11.1 Å². The Morgan fingerprint density at radius 2 is 1.90 bits per heavy atom. The molecule has 30 heavy (non-hydrogen) atoms. The van der Waals surface area contributed by atoms with Crippen LogP contribution in [0.15, 0.2) is 48.5 Å². The lowest BCUT2D eigenvalue weighted by Crippen LogP contribution is -2.29. The molecule has 1 heterocycles. The van der Waals surface area contributed by atoms with Crippen LogP contribution in [-0.2, 0) is 24.2 Å². The normalized spacial score (nSPS) is 16.0. The summed E-state index contributed by atoms with van der Waals surface area (Å²) in [5.41, 5.74) is 5.21. The fourth-order valence-electron chi connectivity index (χ4n) is 4.26.